The number of anilines is 1. The van der Waals surface area contributed by atoms with Crippen molar-refractivity contribution < 1.29 is 0 Å². The number of hydrogen-bond acceptors (Lipinski definition) is 6. The lowest BCUT2D eigenvalue weighted by atomic mass is 10.1. The highest BCUT2D eigenvalue weighted by atomic mass is 32.1. The summed E-state index contributed by atoms with van der Waals surface area (Å²) < 4.78 is 0. The Hall–Kier alpha value is -2.05. The highest BCUT2D eigenvalue weighted by Crippen LogP contribution is 2.31. The maximum atomic E-state index is 5.63. The predicted molar refractivity (Wildman–Crippen MR) is 87.2 cm³/mol. The number of nitrogen functional groups attached to an aromatic ring is 1. The Morgan fingerprint density at radius 2 is 2.10 bits per heavy atom. The highest BCUT2D eigenvalue weighted by molar-refractivity contribution is 7.18. The molecular formula is C15H17N5S. The van der Waals surface area contributed by atoms with Gasteiger partial charge in [0.15, 0.2) is 11.6 Å². The van der Waals surface area contributed by atoms with E-state index in [4.69, 9.17) is 5.84 Å². The second kappa shape index (κ2) is 5.75. The van der Waals surface area contributed by atoms with Gasteiger partial charge in [0, 0.05) is 11.1 Å². The molecule has 3 heterocycles. The van der Waals surface area contributed by atoms with Crippen molar-refractivity contribution >= 4 is 27.4 Å². The number of aryl methyl sites for hydroxylation is 2. The third-order valence-electron chi connectivity index (χ3n) is 3.41. The van der Waals surface area contributed by atoms with Crippen molar-refractivity contribution in [2.45, 2.75) is 26.7 Å². The molecule has 0 saturated heterocycles. The van der Waals surface area contributed by atoms with E-state index in [2.05, 4.69) is 46.4 Å². The molecule has 0 radical (unpaired) electrons. The standard InChI is InChI=1S/C15H17N5S/c1-3-9-6-5-7-17-12(9)14-18-13(20-16)11-8-10(4-2)21-15(11)19-14/h5-8H,3-4,16H2,1-2H3,(H,18,19,20). The largest absolute Gasteiger partial charge is 0.308 e. The van der Waals surface area contributed by atoms with E-state index in [-0.39, 0.29) is 0 Å². The summed E-state index contributed by atoms with van der Waals surface area (Å²) in [5.41, 5.74) is 4.64. The number of nitrogens with zero attached hydrogens (tertiary/aromatic N) is 3. The fraction of sp³-hybridized carbons (Fsp3) is 0.267. The number of hydrogen-bond donors (Lipinski definition) is 2. The summed E-state index contributed by atoms with van der Waals surface area (Å²) in [7, 11) is 0. The molecule has 3 N–H and O–H groups in total. The highest BCUT2D eigenvalue weighted by Gasteiger charge is 2.14. The third kappa shape index (κ3) is 2.48. The molecule has 0 spiro atoms. The Balaban J connectivity index is 2.23. The van der Waals surface area contributed by atoms with Crippen LogP contribution in [-0.4, -0.2) is 15.0 Å². The summed E-state index contributed by atoms with van der Waals surface area (Å²) in [5, 5.41) is 0.970. The van der Waals surface area contributed by atoms with E-state index in [0.29, 0.717) is 11.6 Å². The molecule has 0 atom stereocenters. The van der Waals surface area contributed by atoms with E-state index in [1.54, 1.807) is 17.5 Å². The summed E-state index contributed by atoms with van der Waals surface area (Å²) >= 11 is 1.67. The fourth-order valence-electron chi connectivity index (χ4n) is 2.29. The Morgan fingerprint density at radius 1 is 1.24 bits per heavy atom. The van der Waals surface area contributed by atoms with Gasteiger partial charge >= 0.3 is 0 Å². The van der Waals surface area contributed by atoms with E-state index in [0.717, 1.165) is 34.3 Å². The monoisotopic (exact) mass is 299 g/mol. The number of fused-ring (bicyclic) bond motifs is 1. The van der Waals surface area contributed by atoms with Gasteiger partial charge in [-0.25, -0.2) is 15.8 Å². The van der Waals surface area contributed by atoms with Crippen LogP contribution in [0.2, 0.25) is 0 Å². The summed E-state index contributed by atoms with van der Waals surface area (Å²) in [6, 6.07) is 6.08. The van der Waals surface area contributed by atoms with Gasteiger partial charge in [0.25, 0.3) is 0 Å². The molecule has 5 nitrogen and oxygen atoms in total. The molecule has 3 aromatic heterocycles. The summed E-state index contributed by atoms with van der Waals surface area (Å²) in [6.07, 6.45) is 3.63. The third-order valence-corrected chi connectivity index (χ3v) is 4.59. The van der Waals surface area contributed by atoms with Crippen LogP contribution in [0.5, 0.6) is 0 Å². The average Bonchev–Trinajstić information content (AvgIpc) is 2.97. The maximum Gasteiger partial charge on any atom is 0.181 e. The normalized spacial score (nSPS) is 11.0. The molecule has 0 aliphatic carbocycles. The first-order valence-corrected chi connectivity index (χ1v) is 7.79. The molecule has 0 fully saturated rings. The smallest absolute Gasteiger partial charge is 0.181 e. The van der Waals surface area contributed by atoms with E-state index < -0.39 is 0 Å². The number of hydrazine groups is 1. The Bertz CT molecular complexity index is 781. The molecule has 21 heavy (non-hydrogen) atoms. The van der Waals surface area contributed by atoms with E-state index >= 15 is 0 Å². The van der Waals surface area contributed by atoms with Crippen molar-refractivity contribution in [1.82, 2.24) is 15.0 Å². The molecule has 0 unspecified atom stereocenters. The van der Waals surface area contributed by atoms with Crippen molar-refractivity contribution in [3.05, 3.63) is 34.8 Å². The van der Waals surface area contributed by atoms with Crippen molar-refractivity contribution in [1.29, 1.82) is 0 Å². The van der Waals surface area contributed by atoms with Gasteiger partial charge in [0.1, 0.15) is 10.5 Å². The first kappa shape index (κ1) is 13.9. The minimum Gasteiger partial charge on any atom is -0.308 e. The van der Waals surface area contributed by atoms with Crippen LogP contribution >= 0.6 is 11.3 Å². The Morgan fingerprint density at radius 3 is 2.81 bits per heavy atom. The lowest BCUT2D eigenvalue weighted by molar-refractivity contribution is 1.08. The van der Waals surface area contributed by atoms with Crippen LogP contribution in [0.3, 0.4) is 0 Å². The number of aromatic nitrogens is 3. The average molecular weight is 299 g/mol. The lowest BCUT2D eigenvalue weighted by Crippen LogP contribution is -2.10. The fourth-order valence-corrected chi connectivity index (χ4v) is 3.25. The maximum absolute atomic E-state index is 5.63. The van der Waals surface area contributed by atoms with Crippen LogP contribution in [0.1, 0.15) is 24.3 Å². The van der Waals surface area contributed by atoms with Gasteiger partial charge in [-0.2, -0.15) is 0 Å². The minimum absolute atomic E-state index is 0.623. The molecule has 0 bridgehead atoms. The molecular weight excluding hydrogens is 282 g/mol. The quantitative estimate of drug-likeness (QED) is 0.571. The number of pyridine rings is 1. The summed E-state index contributed by atoms with van der Waals surface area (Å²) in [5.74, 6) is 6.90. The zero-order valence-electron chi connectivity index (χ0n) is 12.1. The van der Waals surface area contributed by atoms with Crippen LogP contribution in [0, 0.1) is 0 Å². The van der Waals surface area contributed by atoms with E-state index in [9.17, 15) is 0 Å². The van der Waals surface area contributed by atoms with Gasteiger partial charge in [-0.1, -0.05) is 19.9 Å². The SMILES string of the molecule is CCc1cc2c(NN)nc(-c3ncccc3CC)nc2s1. The van der Waals surface area contributed by atoms with Gasteiger partial charge in [-0.3, -0.25) is 4.98 Å². The summed E-state index contributed by atoms with van der Waals surface area (Å²) in [4.78, 5) is 15.9. The topological polar surface area (TPSA) is 76.7 Å². The zero-order valence-corrected chi connectivity index (χ0v) is 12.9. The van der Waals surface area contributed by atoms with Gasteiger partial charge in [-0.15, -0.1) is 11.3 Å². The molecule has 108 valence electrons. The second-order valence-electron chi connectivity index (χ2n) is 4.69. The molecule has 0 aliphatic heterocycles. The first-order valence-electron chi connectivity index (χ1n) is 6.98. The van der Waals surface area contributed by atoms with Crippen LogP contribution in [0.4, 0.5) is 5.82 Å². The molecule has 0 aliphatic rings. The number of rotatable bonds is 4. The molecule has 0 amide bonds. The molecule has 0 saturated carbocycles. The summed E-state index contributed by atoms with van der Waals surface area (Å²) in [6.45, 7) is 4.23. The molecule has 6 heteroatoms. The molecule has 3 rings (SSSR count). The lowest BCUT2D eigenvalue weighted by Gasteiger charge is -2.07. The molecule has 0 aromatic carbocycles. The Kier molecular flexibility index (Phi) is 3.81. The van der Waals surface area contributed by atoms with Crippen LogP contribution in [0.15, 0.2) is 24.4 Å². The van der Waals surface area contributed by atoms with Crippen LogP contribution in [0.25, 0.3) is 21.7 Å². The van der Waals surface area contributed by atoms with E-state index in [1.165, 1.54) is 4.88 Å². The van der Waals surface area contributed by atoms with Crippen LogP contribution in [-0.2, 0) is 12.8 Å². The number of nitrogens with two attached hydrogens (primary N) is 1. The van der Waals surface area contributed by atoms with Gasteiger partial charge in [-0.05, 0) is 30.5 Å². The van der Waals surface area contributed by atoms with Crippen molar-refractivity contribution in [3.8, 4) is 11.5 Å². The zero-order chi connectivity index (χ0) is 14.8. The van der Waals surface area contributed by atoms with Crippen molar-refractivity contribution in [2.24, 2.45) is 5.84 Å². The van der Waals surface area contributed by atoms with Crippen molar-refractivity contribution in [3.63, 3.8) is 0 Å². The first-order chi connectivity index (χ1) is 10.3. The van der Waals surface area contributed by atoms with Crippen LogP contribution < -0.4 is 11.3 Å². The minimum atomic E-state index is 0.623. The van der Waals surface area contributed by atoms with Gasteiger partial charge in [0.05, 0.1) is 5.39 Å². The Labute approximate surface area is 127 Å². The van der Waals surface area contributed by atoms with Gasteiger partial charge in [0.2, 0.25) is 0 Å². The van der Waals surface area contributed by atoms with Gasteiger partial charge < -0.3 is 5.43 Å². The van der Waals surface area contributed by atoms with Crippen molar-refractivity contribution in [2.75, 3.05) is 5.43 Å². The molecule has 3 aromatic rings. The number of thiophene rings is 1. The second-order valence-corrected chi connectivity index (χ2v) is 5.81. The predicted octanol–water partition coefficient (Wildman–Crippen LogP) is 3.16. The number of nitrogens with one attached hydrogen (secondary N) is 1. The van der Waals surface area contributed by atoms with E-state index in [1.807, 2.05) is 6.07 Å².